The van der Waals surface area contributed by atoms with E-state index in [2.05, 4.69) is 80.9 Å². The number of anilines is 1. The first-order valence-electron chi connectivity index (χ1n) is 9.18. The number of para-hydroxylation sites is 2. The Labute approximate surface area is 149 Å². The zero-order chi connectivity index (χ0) is 16.9. The predicted octanol–water partition coefficient (Wildman–Crippen LogP) is 3.08. The summed E-state index contributed by atoms with van der Waals surface area (Å²) in [6, 6.07) is 19.2. The second-order valence-corrected chi connectivity index (χ2v) is 6.70. The summed E-state index contributed by atoms with van der Waals surface area (Å²) >= 11 is 0. The lowest BCUT2D eigenvalue weighted by molar-refractivity contribution is 0.257. The number of nitrogens with one attached hydrogen (secondary N) is 2. The Bertz CT molecular complexity index is 788. The zero-order valence-electron chi connectivity index (χ0n) is 14.6. The van der Waals surface area contributed by atoms with Crippen molar-refractivity contribution in [3.05, 3.63) is 66.4 Å². The fourth-order valence-corrected chi connectivity index (χ4v) is 3.61. The summed E-state index contributed by atoms with van der Waals surface area (Å²) < 4.78 is 0. The Balaban J connectivity index is 1.20. The third-order valence-electron chi connectivity index (χ3n) is 5.09. The van der Waals surface area contributed by atoms with Crippen LogP contribution in [0.15, 0.2) is 60.8 Å². The normalized spacial score (nSPS) is 15.8. The number of H-pyrrole nitrogens is 1. The minimum atomic E-state index is 0.925. The number of rotatable bonds is 6. The van der Waals surface area contributed by atoms with Crippen LogP contribution in [0.4, 0.5) is 5.69 Å². The maximum absolute atomic E-state index is 3.59. The number of nitrogens with zero attached hydrogens (tertiary/aromatic N) is 2. The Kier molecular flexibility index (Phi) is 5.00. The molecule has 0 aliphatic carbocycles. The summed E-state index contributed by atoms with van der Waals surface area (Å²) in [5, 5.41) is 4.92. The van der Waals surface area contributed by atoms with Gasteiger partial charge in [0.1, 0.15) is 0 Å². The van der Waals surface area contributed by atoms with E-state index in [1.807, 2.05) is 0 Å². The molecule has 0 amide bonds. The molecule has 4 rings (SSSR count). The van der Waals surface area contributed by atoms with Crippen LogP contribution in [0.5, 0.6) is 0 Å². The molecule has 1 aliphatic heterocycles. The van der Waals surface area contributed by atoms with E-state index in [4.69, 9.17) is 0 Å². The van der Waals surface area contributed by atoms with Crippen molar-refractivity contribution in [2.45, 2.75) is 6.54 Å². The maximum atomic E-state index is 3.59. The second-order valence-electron chi connectivity index (χ2n) is 6.70. The molecule has 0 spiro atoms. The first kappa shape index (κ1) is 16.2. The molecular weight excluding hydrogens is 308 g/mol. The smallest absolute Gasteiger partial charge is 0.0457 e. The predicted molar refractivity (Wildman–Crippen MR) is 105 cm³/mol. The van der Waals surface area contributed by atoms with E-state index >= 15 is 0 Å². The summed E-state index contributed by atoms with van der Waals surface area (Å²) in [4.78, 5) is 8.38. The Morgan fingerprint density at radius 1 is 0.880 bits per heavy atom. The van der Waals surface area contributed by atoms with Crippen molar-refractivity contribution in [2.75, 3.05) is 44.2 Å². The van der Waals surface area contributed by atoms with Crippen LogP contribution in [0.25, 0.3) is 10.9 Å². The number of aromatic nitrogens is 1. The van der Waals surface area contributed by atoms with E-state index in [9.17, 15) is 0 Å². The van der Waals surface area contributed by atoms with Gasteiger partial charge in [-0.3, -0.25) is 4.90 Å². The molecule has 130 valence electrons. The van der Waals surface area contributed by atoms with E-state index in [0.29, 0.717) is 0 Å². The molecule has 0 atom stereocenters. The summed E-state index contributed by atoms with van der Waals surface area (Å²) in [7, 11) is 0. The number of fused-ring (bicyclic) bond motifs is 1. The highest BCUT2D eigenvalue weighted by atomic mass is 15.3. The second kappa shape index (κ2) is 7.72. The van der Waals surface area contributed by atoms with Gasteiger partial charge in [-0.05, 0) is 23.8 Å². The van der Waals surface area contributed by atoms with Crippen LogP contribution in [0, 0.1) is 0 Å². The summed E-state index contributed by atoms with van der Waals surface area (Å²) in [6.45, 7) is 7.59. The van der Waals surface area contributed by atoms with Crippen molar-refractivity contribution < 1.29 is 0 Å². The molecule has 1 aliphatic rings. The summed E-state index contributed by atoms with van der Waals surface area (Å²) in [6.07, 6.45) is 2.12. The maximum Gasteiger partial charge on any atom is 0.0457 e. The van der Waals surface area contributed by atoms with Gasteiger partial charge in [-0.1, -0.05) is 36.4 Å². The minimum Gasteiger partial charge on any atom is -0.369 e. The molecule has 0 radical (unpaired) electrons. The van der Waals surface area contributed by atoms with E-state index in [-0.39, 0.29) is 0 Å². The molecule has 1 saturated heterocycles. The van der Waals surface area contributed by atoms with E-state index < -0.39 is 0 Å². The number of hydrogen-bond acceptors (Lipinski definition) is 3. The lowest BCUT2D eigenvalue weighted by Crippen LogP contribution is -2.48. The molecule has 2 N–H and O–H groups in total. The number of aromatic amines is 1. The van der Waals surface area contributed by atoms with Crippen LogP contribution in [-0.2, 0) is 6.54 Å². The average Bonchev–Trinajstić information content (AvgIpc) is 3.10. The van der Waals surface area contributed by atoms with Crippen LogP contribution in [0.3, 0.4) is 0 Å². The number of hydrogen-bond donors (Lipinski definition) is 2. The van der Waals surface area contributed by atoms with Gasteiger partial charge in [0.15, 0.2) is 0 Å². The summed E-state index contributed by atoms with van der Waals surface area (Å²) in [5.41, 5.74) is 3.92. The van der Waals surface area contributed by atoms with Gasteiger partial charge in [0.05, 0.1) is 0 Å². The van der Waals surface area contributed by atoms with Crippen LogP contribution in [0.2, 0.25) is 0 Å². The molecule has 0 bridgehead atoms. The first-order valence-corrected chi connectivity index (χ1v) is 9.18. The van der Waals surface area contributed by atoms with E-state index in [1.54, 1.807) is 0 Å². The largest absolute Gasteiger partial charge is 0.369 e. The van der Waals surface area contributed by atoms with Crippen molar-refractivity contribution >= 4 is 16.6 Å². The average molecular weight is 334 g/mol. The van der Waals surface area contributed by atoms with Crippen LogP contribution < -0.4 is 10.2 Å². The Morgan fingerprint density at radius 2 is 1.64 bits per heavy atom. The Hall–Kier alpha value is -2.30. The highest BCUT2D eigenvalue weighted by molar-refractivity contribution is 5.82. The summed E-state index contributed by atoms with van der Waals surface area (Å²) in [5.74, 6) is 0. The van der Waals surface area contributed by atoms with Gasteiger partial charge in [-0.25, -0.2) is 0 Å². The number of benzene rings is 2. The highest BCUT2D eigenvalue weighted by Crippen LogP contribution is 2.17. The fraction of sp³-hybridized carbons (Fsp3) is 0.333. The van der Waals surface area contributed by atoms with Crippen LogP contribution in [0.1, 0.15) is 5.56 Å². The standard InChI is InChI=1S/C21H26N4/c1-2-6-19(7-3-1)25-14-12-24(13-15-25)11-10-22-16-18-17-23-21-9-5-4-8-20(18)21/h1-9,17,22-23H,10-16H2. The molecule has 2 heterocycles. The zero-order valence-corrected chi connectivity index (χ0v) is 14.6. The van der Waals surface area contributed by atoms with Gasteiger partial charge >= 0.3 is 0 Å². The highest BCUT2D eigenvalue weighted by Gasteiger charge is 2.16. The molecule has 4 nitrogen and oxygen atoms in total. The quantitative estimate of drug-likeness (QED) is 0.680. The van der Waals surface area contributed by atoms with Crippen molar-refractivity contribution in [1.29, 1.82) is 0 Å². The van der Waals surface area contributed by atoms with Crippen molar-refractivity contribution in [3.63, 3.8) is 0 Å². The lowest BCUT2D eigenvalue weighted by Gasteiger charge is -2.36. The molecule has 2 aromatic carbocycles. The third-order valence-corrected chi connectivity index (χ3v) is 5.09. The molecule has 3 aromatic rings. The molecule has 25 heavy (non-hydrogen) atoms. The van der Waals surface area contributed by atoms with Crippen molar-refractivity contribution in [3.8, 4) is 0 Å². The van der Waals surface area contributed by atoms with E-state index in [1.165, 1.54) is 22.2 Å². The molecule has 4 heteroatoms. The minimum absolute atomic E-state index is 0.925. The SMILES string of the molecule is c1ccc(N2CCN(CCNCc3c[nH]c4ccccc34)CC2)cc1. The Morgan fingerprint density at radius 3 is 2.48 bits per heavy atom. The van der Waals surface area contributed by atoms with Gasteiger partial charge in [-0.2, -0.15) is 0 Å². The topological polar surface area (TPSA) is 34.3 Å². The third kappa shape index (κ3) is 3.86. The van der Waals surface area contributed by atoms with E-state index in [0.717, 1.165) is 45.8 Å². The van der Waals surface area contributed by atoms with Gasteiger partial charge in [0.25, 0.3) is 0 Å². The monoisotopic (exact) mass is 334 g/mol. The molecule has 0 unspecified atom stereocenters. The van der Waals surface area contributed by atoms with Crippen molar-refractivity contribution in [2.24, 2.45) is 0 Å². The van der Waals surface area contributed by atoms with Crippen LogP contribution in [-0.4, -0.2) is 49.2 Å². The van der Waals surface area contributed by atoms with Gasteiger partial charge < -0.3 is 15.2 Å². The lowest BCUT2D eigenvalue weighted by atomic mass is 10.2. The van der Waals surface area contributed by atoms with Gasteiger partial charge in [0, 0.05) is 68.6 Å². The number of piperazine rings is 1. The molecule has 0 saturated carbocycles. The van der Waals surface area contributed by atoms with Gasteiger partial charge in [-0.15, -0.1) is 0 Å². The fourth-order valence-electron chi connectivity index (χ4n) is 3.61. The van der Waals surface area contributed by atoms with Gasteiger partial charge in [0.2, 0.25) is 0 Å². The first-order chi connectivity index (χ1) is 12.4. The van der Waals surface area contributed by atoms with Crippen molar-refractivity contribution in [1.82, 2.24) is 15.2 Å². The van der Waals surface area contributed by atoms with Crippen LogP contribution >= 0.6 is 0 Å². The molecule has 1 aromatic heterocycles. The molecular formula is C21H26N4. The molecule has 1 fully saturated rings.